The normalized spacial score (nSPS) is 16.5. The van der Waals surface area contributed by atoms with Gasteiger partial charge in [-0.25, -0.2) is 0 Å². The van der Waals surface area contributed by atoms with E-state index >= 15 is 0 Å². The molecule has 1 nitrogen and oxygen atoms in total. The second kappa shape index (κ2) is 6.47. The van der Waals surface area contributed by atoms with Gasteiger partial charge >= 0.3 is 0 Å². The maximum absolute atomic E-state index is 9.08. The largest absolute Gasteiger partial charge is 0.396 e. The van der Waals surface area contributed by atoms with Gasteiger partial charge in [0.1, 0.15) is 0 Å². The van der Waals surface area contributed by atoms with Crippen molar-refractivity contribution in [2.24, 2.45) is 17.8 Å². The van der Waals surface area contributed by atoms with Crippen molar-refractivity contribution in [2.75, 3.05) is 6.61 Å². The highest BCUT2D eigenvalue weighted by molar-refractivity contribution is 4.63. The van der Waals surface area contributed by atoms with Crippen molar-refractivity contribution in [1.29, 1.82) is 0 Å². The van der Waals surface area contributed by atoms with Crippen LogP contribution in [0.4, 0.5) is 0 Å². The van der Waals surface area contributed by atoms with Gasteiger partial charge in [-0.1, -0.05) is 40.5 Å². The van der Waals surface area contributed by atoms with Gasteiger partial charge in [0, 0.05) is 6.61 Å². The molecule has 0 rings (SSSR count). The smallest absolute Gasteiger partial charge is 0.0461 e. The molecule has 74 valence electrons. The van der Waals surface area contributed by atoms with Gasteiger partial charge in [0.25, 0.3) is 0 Å². The van der Waals surface area contributed by atoms with Crippen LogP contribution in [0.1, 0.15) is 47.0 Å². The lowest BCUT2D eigenvalue weighted by Gasteiger charge is -2.19. The number of hydrogen-bond acceptors (Lipinski definition) is 1. The summed E-state index contributed by atoms with van der Waals surface area (Å²) >= 11 is 0. The lowest BCUT2D eigenvalue weighted by Crippen LogP contribution is -2.14. The van der Waals surface area contributed by atoms with Gasteiger partial charge in [-0.2, -0.15) is 0 Å². The summed E-state index contributed by atoms with van der Waals surface area (Å²) in [5, 5.41) is 9.08. The molecule has 0 saturated heterocycles. The molecule has 1 N–H and O–H groups in total. The monoisotopic (exact) mass is 172 g/mol. The standard InChI is InChI=1S/C11H24O/c1-5-10(4)6-7-11(8-12)9(2)3/h9-12H,5-8H2,1-4H3. The van der Waals surface area contributed by atoms with Gasteiger partial charge in [0.05, 0.1) is 0 Å². The summed E-state index contributed by atoms with van der Waals surface area (Å²) in [5.41, 5.74) is 0. The zero-order valence-corrected chi connectivity index (χ0v) is 9.01. The number of aliphatic hydroxyl groups excluding tert-OH is 1. The number of aliphatic hydroxyl groups is 1. The molecule has 0 spiro atoms. The van der Waals surface area contributed by atoms with E-state index in [4.69, 9.17) is 5.11 Å². The first-order valence-electron chi connectivity index (χ1n) is 5.22. The van der Waals surface area contributed by atoms with E-state index in [9.17, 15) is 0 Å². The molecular formula is C11H24O. The van der Waals surface area contributed by atoms with E-state index in [0.29, 0.717) is 18.4 Å². The fourth-order valence-electron chi connectivity index (χ4n) is 1.34. The van der Waals surface area contributed by atoms with E-state index in [1.807, 2.05) is 0 Å². The highest BCUT2D eigenvalue weighted by atomic mass is 16.3. The molecule has 0 aliphatic rings. The predicted molar refractivity (Wildman–Crippen MR) is 54.1 cm³/mol. The van der Waals surface area contributed by atoms with Crippen LogP contribution in [-0.2, 0) is 0 Å². The van der Waals surface area contributed by atoms with Crippen LogP contribution >= 0.6 is 0 Å². The van der Waals surface area contributed by atoms with E-state index in [1.165, 1.54) is 19.3 Å². The summed E-state index contributed by atoms with van der Waals surface area (Å²) in [7, 11) is 0. The molecule has 12 heavy (non-hydrogen) atoms. The van der Waals surface area contributed by atoms with Gasteiger partial charge < -0.3 is 5.11 Å². The van der Waals surface area contributed by atoms with Crippen LogP contribution < -0.4 is 0 Å². The van der Waals surface area contributed by atoms with Gasteiger partial charge in [-0.3, -0.25) is 0 Å². The molecular weight excluding hydrogens is 148 g/mol. The van der Waals surface area contributed by atoms with Gasteiger partial charge in [0.15, 0.2) is 0 Å². The Labute approximate surface area is 77.2 Å². The van der Waals surface area contributed by atoms with Gasteiger partial charge in [-0.05, 0) is 24.2 Å². The molecule has 2 unspecified atom stereocenters. The minimum Gasteiger partial charge on any atom is -0.396 e. The van der Waals surface area contributed by atoms with Crippen molar-refractivity contribution < 1.29 is 5.11 Å². The van der Waals surface area contributed by atoms with Crippen LogP contribution in [0.25, 0.3) is 0 Å². The predicted octanol–water partition coefficient (Wildman–Crippen LogP) is 3.08. The quantitative estimate of drug-likeness (QED) is 0.653. The molecule has 0 fully saturated rings. The molecule has 1 heteroatoms. The van der Waals surface area contributed by atoms with Crippen molar-refractivity contribution in [3.63, 3.8) is 0 Å². The van der Waals surface area contributed by atoms with Gasteiger partial charge in [0.2, 0.25) is 0 Å². The fourth-order valence-corrected chi connectivity index (χ4v) is 1.34. The minimum atomic E-state index is 0.355. The molecule has 0 aromatic heterocycles. The third-order valence-electron chi connectivity index (χ3n) is 2.90. The summed E-state index contributed by atoms with van der Waals surface area (Å²) in [5.74, 6) is 1.95. The van der Waals surface area contributed by atoms with E-state index in [2.05, 4.69) is 27.7 Å². The second-order valence-corrected chi connectivity index (χ2v) is 4.28. The van der Waals surface area contributed by atoms with Crippen LogP contribution in [0.15, 0.2) is 0 Å². The summed E-state index contributed by atoms with van der Waals surface area (Å²) in [6, 6.07) is 0. The first-order chi connectivity index (χ1) is 5.61. The highest BCUT2D eigenvalue weighted by Gasteiger charge is 2.12. The molecule has 0 bridgehead atoms. The maximum Gasteiger partial charge on any atom is 0.0461 e. The first-order valence-corrected chi connectivity index (χ1v) is 5.22. The SMILES string of the molecule is CCC(C)CCC(CO)C(C)C. The lowest BCUT2D eigenvalue weighted by molar-refractivity contribution is 0.173. The molecule has 2 atom stereocenters. The summed E-state index contributed by atoms with van der Waals surface area (Å²) in [6.45, 7) is 9.26. The molecule has 0 amide bonds. The van der Waals surface area contributed by atoms with Crippen molar-refractivity contribution in [3.05, 3.63) is 0 Å². The molecule has 0 aliphatic carbocycles. The maximum atomic E-state index is 9.08. The molecule has 0 aliphatic heterocycles. The van der Waals surface area contributed by atoms with Crippen LogP contribution in [0, 0.1) is 17.8 Å². The second-order valence-electron chi connectivity index (χ2n) is 4.28. The van der Waals surface area contributed by atoms with Crippen LogP contribution in [0.2, 0.25) is 0 Å². The molecule has 0 saturated carbocycles. The van der Waals surface area contributed by atoms with Crippen LogP contribution in [0.3, 0.4) is 0 Å². The Kier molecular flexibility index (Phi) is 6.45. The first kappa shape index (κ1) is 12.0. The lowest BCUT2D eigenvalue weighted by atomic mass is 9.88. The Balaban J connectivity index is 3.58. The Morgan fingerprint density at radius 2 is 1.67 bits per heavy atom. The van der Waals surface area contributed by atoms with E-state index in [-0.39, 0.29) is 0 Å². The van der Waals surface area contributed by atoms with Crippen molar-refractivity contribution >= 4 is 0 Å². The molecule has 0 heterocycles. The zero-order chi connectivity index (χ0) is 9.56. The van der Waals surface area contributed by atoms with Gasteiger partial charge in [-0.15, -0.1) is 0 Å². The average Bonchev–Trinajstić information content (AvgIpc) is 2.04. The third-order valence-corrected chi connectivity index (χ3v) is 2.90. The third kappa shape index (κ3) is 4.76. The fraction of sp³-hybridized carbons (Fsp3) is 1.00. The van der Waals surface area contributed by atoms with Crippen molar-refractivity contribution in [1.82, 2.24) is 0 Å². The Hall–Kier alpha value is -0.0400. The Morgan fingerprint density at radius 3 is 2.00 bits per heavy atom. The molecule has 0 aromatic carbocycles. The van der Waals surface area contributed by atoms with E-state index in [1.54, 1.807) is 0 Å². The Morgan fingerprint density at radius 1 is 1.08 bits per heavy atom. The summed E-state index contributed by atoms with van der Waals surface area (Å²) in [4.78, 5) is 0. The van der Waals surface area contributed by atoms with E-state index in [0.717, 1.165) is 5.92 Å². The summed E-state index contributed by atoms with van der Waals surface area (Å²) < 4.78 is 0. The van der Waals surface area contributed by atoms with Crippen LogP contribution in [0.5, 0.6) is 0 Å². The van der Waals surface area contributed by atoms with E-state index < -0.39 is 0 Å². The zero-order valence-electron chi connectivity index (χ0n) is 9.01. The molecule has 0 aromatic rings. The topological polar surface area (TPSA) is 20.2 Å². The van der Waals surface area contributed by atoms with Crippen molar-refractivity contribution in [2.45, 2.75) is 47.0 Å². The van der Waals surface area contributed by atoms with Crippen LogP contribution in [-0.4, -0.2) is 11.7 Å². The highest BCUT2D eigenvalue weighted by Crippen LogP contribution is 2.20. The number of hydrogen-bond donors (Lipinski definition) is 1. The summed E-state index contributed by atoms with van der Waals surface area (Å²) in [6.07, 6.45) is 3.71. The molecule has 0 radical (unpaired) electrons. The number of rotatable bonds is 6. The average molecular weight is 172 g/mol. The Bertz CT molecular complexity index is 99.2. The minimum absolute atomic E-state index is 0.355. The van der Waals surface area contributed by atoms with Crippen molar-refractivity contribution in [3.8, 4) is 0 Å².